The van der Waals surface area contributed by atoms with E-state index in [2.05, 4.69) is 19.0 Å². The number of ether oxygens (including phenoxy) is 1. The first-order chi connectivity index (χ1) is 13.5. The number of hydrogen-bond donors (Lipinski definition) is 0. The van der Waals surface area contributed by atoms with Gasteiger partial charge in [0.1, 0.15) is 11.4 Å². The summed E-state index contributed by atoms with van der Waals surface area (Å²) < 4.78 is 11.2. The van der Waals surface area contributed by atoms with Crippen LogP contribution in [0.25, 0.3) is 0 Å². The van der Waals surface area contributed by atoms with E-state index in [1.165, 1.54) is 6.42 Å². The molecule has 1 atom stereocenters. The Hall–Kier alpha value is -1.85. The molecule has 6 heteroatoms. The zero-order chi connectivity index (χ0) is 21.3. The van der Waals surface area contributed by atoms with E-state index in [1.54, 1.807) is 20.8 Å². The van der Waals surface area contributed by atoms with Gasteiger partial charge in [-0.3, -0.25) is 4.79 Å². The molecule has 29 heavy (non-hydrogen) atoms. The summed E-state index contributed by atoms with van der Waals surface area (Å²) in [6.07, 6.45) is 5.26. The van der Waals surface area contributed by atoms with Gasteiger partial charge in [0, 0.05) is 23.4 Å². The van der Waals surface area contributed by atoms with Crippen molar-refractivity contribution in [2.75, 3.05) is 0 Å². The number of rotatable bonds is 9. The molecule has 0 aliphatic heterocycles. The van der Waals surface area contributed by atoms with E-state index in [4.69, 9.17) is 9.26 Å². The van der Waals surface area contributed by atoms with Crippen LogP contribution >= 0.6 is 0 Å². The maximum atomic E-state index is 12.4. The summed E-state index contributed by atoms with van der Waals surface area (Å²) in [5, 5.41) is 15.7. The molecule has 3 rings (SSSR count). The predicted molar refractivity (Wildman–Crippen MR) is 106 cm³/mol. The second kappa shape index (κ2) is 8.49. The molecule has 0 aromatic carbocycles. The first-order valence-electron chi connectivity index (χ1n) is 10.9. The average molecular weight is 405 g/mol. The molecule has 1 heterocycles. The number of esters is 1. The van der Waals surface area contributed by atoms with Crippen molar-refractivity contribution in [3.63, 3.8) is 0 Å². The van der Waals surface area contributed by atoms with Crippen molar-refractivity contribution in [1.29, 1.82) is 0 Å². The maximum Gasteiger partial charge on any atom is 0.306 e. The minimum Gasteiger partial charge on any atom is -0.550 e. The third-order valence-corrected chi connectivity index (χ3v) is 5.81. The van der Waals surface area contributed by atoms with Gasteiger partial charge in [-0.25, -0.2) is 0 Å². The smallest absolute Gasteiger partial charge is 0.306 e. The molecular formula is C23H34NO5-. The van der Waals surface area contributed by atoms with Crippen LogP contribution in [0.4, 0.5) is 0 Å². The van der Waals surface area contributed by atoms with Gasteiger partial charge in [0.15, 0.2) is 0 Å². The molecular weight excluding hydrogens is 370 g/mol. The number of carbonyl (C=O) groups is 2. The summed E-state index contributed by atoms with van der Waals surface area (Å²) in [7, 11) is 0. The highest BCUT2D eigenvalue weighted by Gasteiger charge is 2.41. The highest BCUT2D eigenvalue weighted by atomic mass is 16.6. The molecule has 162 valence electrons. The van der Waals surface area contributed by atoms with Crippen LogP contribution in [0, 0.1) is 11.8 Å². The lowest BCUT2D eigenvalue weighted by molar-refractivity contribution is -0.306. The lowest BCUT2D eigenvalue weighted by atomic mass is 9.69. The molecule has 0 saturated heterocycles. The monoisotopic (exact) mass is 404 g/mol. The lowest BCUT2D eigenvalue weighted by Crippen LogP contribution is -2.29. The third kappa shape index (κ3) is 5.83. The molecule has 1 aromatic rings. The topological polar surface area (TPSA) is 92.5 Å². The average Bonchev–Trinajstić information content (AvgIpc) is 3.26. The van der Waals surface area contributed by atoms with Crippen molar-refractivity contribution >= 4 is 11.9 Å². The van der Waals surface area contributed by atoms with Crippen molar-refractivity contribution in [2.45, 2.75) is 103 Å². The van der Waals surface area contributed by atoms with Crippen molar-refractivity contribution in [3.05, 3.63) is 17.0 Å². The Morgan fingerprint density at radius 3 is 2.34 bits per heavy atom. The Kier molecular flexibility index (Phi) is 6.39. The highest BCUT2D eigenvalue weighted by Crippen LogP contribution is 2.52. The minimum atomic E-state index is -1.19. The van der Waals surface area contributed by atoms with Crippen LogP contribution in [-0.4, -0.2) is 22.7 Å². The van der Waals surface area contributed by atoms with E-state index in [0.29, 0.717) is 23.4 Å². The summed E-state index contributed by atoms with van der Waals surface area (Å²) in [5.41, 5.74) is 1.08. The summed E-state index contributed by atoms with van der Waals surface area (Å²) in [6.45, 7) is 9.89. The van der Waals surface area contributed by atoms with Crippen molar-refractivity contribution in [3.8, 4) is 0 Å². The normalized spacial score (nSPS) is 23.0. The first-order valence-corrected chi connectivity index (χ1v) is 10.9. The van der Waals surface area contributed by atoms with Gasteiger partial charge in [-0.1, -0.05) is 19.0 Å². The van der Waals surface area contributed by atoms with Gasteiger partial charge in [0.05, 0.1) is 12.1 Å². The highest BCUT2D eigenvalue weighted by molar-refractivity contribution is 5.73. The number of hydrogen-bond acceptors (Lipinski definition) is 6. The number of carboxylic acid groups (broad SMARTS) is 1. The number of carbonyl (C=O) groups excluding carboxylic acids is 2. The van der Waals surface area contributed by atoms with E-state index >= 15 is 0 Å². The van der Waals surface area contributed by atoms with E-state index < -0.39 is 23.5 Å². The van der Waals surface area contributed by atoms with Crippen LogP contribution in [0.2, 0.25) is 0 Å². The van der Waals surface area contributed by atoms with Crippen LogP contribution < -0.4 is 5.11 Å². The molecule has 1 unspecified atom stereocenters. The minimum absolute atomic E-state index is 0.0302. The second-order valence-electron chi connectivity index (χ2n) is 10.3. The first kappa shape index (κ1) is 21.8. The van der Waals surface area contributed by atoms with Crippen LogP contribution in [-0.2, 0) is 14.3 Å². The standard InChI is InChI=1S/C23H35NO5/c1-13(2)8-14-9-17(10-14)22-20(15-6-7-15)21(24-29-22)16(11-18(25)26)12-19(27)28-23(3,4)5/h13-17H,6-12H2,1-5H3,(H,25,26)/p-1. The second-order valence-corrected chi connectivity index (χ2v) is 10.3. The van der Waals surface area contributed by atoms with E-state index in [0.717, 1.165) is 42.9 Å². The third-order valence-electron chi connectivity index (χ3n) is 5.81. The van der Waals surface area contributed by atoms with Gasteiger partial charge >= 0.3 is 5.97 Å². The molecule has 1 aromatic heterocycles. The fraction of sp³-hybridized carbons (Fsp3) is 0.783. The van der Waals surface area contributed by atoms with Gasteiger partial charge in [-0.15, -0.1) is 0 Å². The zero-order valence-electron chi connectivity index (χ0n) is 18.3. The van der Waals surface area contributed by atoms with E-state index in [-0.39, 0.29) is 12.8 Å². The van der Waals surface area contributed by atoms with E-state index in [1.807, 2.05) is 0 Å². The Morgan fingerprint density at radius 1 is 1.17 bits per heavy atom. The predicted octanol–water partition coefficient (Wildman–Crippen LogP) is 4.05. The number of aromatic nitrogens is 1. The van der Waals surface area contributed by atoms with Crippen LogP contribution in [0.15, 0.2) is 4.52 Å². The molecule has 2 aliphatic rings. The van der Waals surface area contributed by atoms with Crippen molar-refractivity contribution in [2.24, 2.45) is 11.8 Å². The summed E-state index contributed by atoms with van der Waals surface area (Å²) in [5.74, 6) is 0.890. The lowest BCUT2D eigenvalue weighted by Gasteiger charge is -2.35. The number of nitrogens with zero attached hydrogens (tertiary/aromatic N) is 1. The summed E-state index contributed by atoms with van der Waals surface area (Å²) in [4.78, 5) is 23.8. The summed E-state index contributed by atoms with van der Waals surface area (Å²) in [6, 6.07) is 0. The van der Waals surface area contributed by atoms with Crippen molar-refractivity contribution in [1.82, 2.24) is 5.16 Å². The Bertz CT molecular complexity index is 735. The quantitative estimate of drug-likeness (QED) is 0.577. The fourth-order valence-electron chi connectivity index (χ4n) is 4.55. The Balaban J connectivity index is 1.78. The molecule has 0 N–H and O–H groups in total. The van der Waals surface area contributed by atoms with Crippen LogP contribution in [0.1, 0.15) is 114 Å². The van der Waals surface area contributed by atoms with Gasteiger partial charge in [0.2, 0.25) is 0 Å². The Morgan fingerprint density at radius 2 is 1.83 bits per heavy atom. The summed E-state index contributed by atoms with van der Waals surface area (Å²) >= 11 is 0. The Labute approximate surface area is 173 Å². The molecule has 0 radical (unpaired) electrons. The SMILES string of the molecule is CC(C)CC1CC(c2onc(C(CC(=O)[O-])CC(=O)OC(C)(C)C)c2C2CC2)C1. The van der Waals surface area contributed by atoms with Gasteiger partial charge < -0.3 is 19.2 Å². The van der Waals surface area contributed by atoms with E-state index in [9.17, 15) is 14.7 Å². The maximum absolute atomic E-state index is 12.4. The van der Waals surface area contributed by atoms with Gasteiger partial charge in [0.25, 0.3) is 0 Å². The van der Waals surface area contributed by atoms with Crippen molar-refractivity contribution < 1.29 is 24.0 Å². The molecule has 2 saturated carbocycles. The number of aliphatic carboxylic acids is 1. The molecule has 0 amide bonds. The van der Waals surface area contributed by atoms with Crippen LogP contribution in [0.3, 0.4) is 0 Å². The van der Waals surface area contributed by atoms with Crippen LogP contribution in [0.5, 0.6) is 0 Å². The largest absolute Gasteiger partial charge is 0.550 e. The molecule has 2 fully saturated rings. The fourth-order valence-corrected chi connectivity index (χ4v) is 4.55. The van der Waals surface area contributed by atoms with Gasteiger partial charge in [-0.2, -0.15) is 0 Å². The molecule has 0 bridgehead atoms. The van der Waals surface area contributed by atoms with Gasteiger partial charge in [-0.05, 0) is 77.0 Å². The molecule has 0 spiro atoms. The number of carboxylic acids is 1. The molecule has 2 aliphatic carbocycles. The molecule has 6 nitrogen and oxygen atoms in total. The zero-order valence-corrected chi connectivity index (χ0v) is 18.3.